The molecule has 0 spiro atoms. The van der Waals surface area contributed by atoms with E-state index in [-0.39, 0.29) is 22.9 Å². The SMILES string of the molecule is Br.O=C(c1ccccc1)C(CN1CCCC1)CN1CCCC1. The summed E-state index contributed by atoms with van der Waals surface area (Å²) in [7, 11) is 0. The van der Waals surface area contributed by atoms with Gasteiger partial charge < -0.3 is 9.80 Å². The van der Waals surface area contributed by atoms with Gasteiger partial charge in [0.1, 0.15) is 0 Å². The van der Waals surface area contributed by atoms with Crippen LogP contribution in [0.1, 0.15) is 36.0 Å². The Morgan fingerprint density at radius 2 is 1.32 bits per heavy atom. The van der Waals surface area contributed by atoms with Crippen LogP contribution in [0.15, 0.2) is 30.3 Å². The second-order valence-electron chi connectivity index (χ2n) is 6.44. The second-order valence-corrected chi connectivity index (χ2v) is 6.44. The lowest BCUT2D eigenvalue weighted by Crippen LogP contribution is -2.39. The average molecular weight is 367 g/mol. The highest BCUT2D eigenvalue weighted by molar-refractivity contribution is 8.93. The van der Waals surface area contributed by atoms with Crippen LogP contribution < -0.4 is 0 Å². The maximum Gasteiger partial charge on any atom is 0.168 e. The summed E-state index contributed by atoms with van der Waals surface area (Å²) < 4.78 is 0. The summed E-state index contributed by atoms with van der Waals surface area (Å²) in [5, 5.41) is 0. The molecule has 0 bridgehead atoms. The van der Waals surface area contributed by atoms with Gasteiger partial charge in [-0.1, -0.05) is 30.3 Å². The van der Waals surface area contributed by atoms with Gasteiger partial charge in [-0.3, -0.25) is 4.79 Å². The maximum absolute atomic E-state index is 12.9. The summed E-state index contributed by atoms with van der Waals surface area (Å²) in [5.41, 5.74) is 0.876. The Bertz CT molecular complexity index is 435. The number of carbonyl (C=O) groups excluding carboxylic acids is 1. The lowest BCUT2D eigenvalue weighted by Gasteiger charge is -2.26. The van der Waals surface area contributed by atoms with Crippen LogP contribution in [0.25, 0.3) is 0 Å². The number of benzene rings is 1. The first-order valence-corrected chi connectivity index (χ1v) is 8.37. The lowest BCUT2D eigenvalue weighted by atomic mass is 9.96. The van der Waals surface area contributed by atoms with Gasteiger partial charge in [0.05, 0.1) is 0 Å². The van der Waals surface area contributed by atoms with E-state index in [9.17, 15) is 4.79 Å². The summed E-state index contributed by atoms with van der Waals surface area (Å²) in [6, 6.07) is 9.84. The first-order chi connectivity index (χ1) is 10.3. The normalized spacial score (nSPS) is 19.5. The van der Waals surface area contributed by atoms with Crippen molar-refractivity contribution in [3.8, 4) is 0 Å². The van der Waals surface area contributed by atoms with Crippen molar-refractivity contribution < 1.29 is 4.79 Å². The zero-order valence-electron chi connectivity index (χ0n) is 13.2. The Hall–Kier alpha value is -0.710. The molecular formula is C18H27BrN2O. The predicted octanol–water partition coefficient (Wildman–Crippen LogP) is 3.26. The quantitative estimate of drug-likeness (QED) is 0.721. The molecule has 0 unspecified atom stereocenters. The highest BCUT2D eigenvalue weighted by Crippen LogP contribution is 2.18. The van der Waals surface area contributed by atoms with Crippen molar-refractivity contribution in [2.75, 3.05) is 39.3 Å². The zero-order valence-corrected chi connectivity index (χ0v) is 15.0. The number of nitrogens with zero attached hydrogens (tertiary/aromatic N) is 2. The van der Waals surface area contributed by atoms with E-state index < -0.39 is 0 Å². The molecule has 0 N–H and O–H groups in total. The van der Waals surface area contributed by atoms with Crippen molar-refractivity contribution in [2.45, 2.75) is 25.7 Å². The van der Waals surface area contributed by atoms with E-state index in [0.717, 1.165) is 18.7 Å². The number of carbonyl (C=O) groups is 1. The van der Waals surface area contributed by atoms with Crippen molar-refractivity contribution in [2.24, 2.45) is 5.92 Å². The second kappa shape index (κ2) is 8.80. The number of hydrogen-bond acceptors (Lipinski definition) is 3. The molecule has 2 aliphatic rings. The van der Waals surface area contributed by atoms with Gasteiger partial charge in [-0.25, -0.2) is 0 Å². The number of rotatable bonds is 6. The zero-order chi connectivity index (χ0) is 14.5. The van der Waals surface area contributed by atoms with Crippen molar-refractivity contribution in [1.82, 2.24) is 9.80 Å². The molecule has 22 heavy (non-hydrogen) atoms. The van der Waals surface area contributed by atoms with Crippen LogP contribution in [0.5, 0.6) is 0 Å². The fraction of sp³-hybridized carbons (Fsp3) is 0.611. The van der Waals surface area contributed by atoms with Crippen molar-refractivity contribution >= 4 is 22.8 Å². The van der Waals surface area contributed by atoms with Crippen LogP contribution in [-0.4, -0.2) is 54.9 Å². The third kappa shape index (κ3) is 4.64. The largest absolute Gasteiger partial charge is 0.303 e. The molecule has 1 aromatic rings. The van der Waals surface area contributed by atoms with Gasteiger partial charge in [-0.15, -0.1) is 17.0 Å². The number of Topliss-reactive ketones (excluding diaryl/α,β-unsaturated/α-hetero) is 1. The Labute approximate surface area is 144 Å². The van der Waals surface area contributed by atoms with Gasteiger partial charge in [0.25, 0.3) is 0 Å². The Balaban J connectivity index is 0.00000176. The third-order valence-corrected chi connectivity index (χ3v) is 4.78. The lowest BCUT2D eigenvalue weighted by molar-refractivity contribution is 0.0851. The van der Waals surface area contributed by atoms with Crippen LogP contribution in [0, 0.1) is 5.92 Å². The maximum atomic E-state index is 12.9. The third-order valence-electron chi connectivity index (χ3n) is 4.78. The minimum Gasteiger partial charge on any atom is -0.303 e. The van der Waals surface area contributed by atoms with Crippen molar-refractivity contribution in [3.63, 3.8) is 0 Å². The molecule has 0 aromatic heterocycles. The molecule has 4 heteroatoms. The average Bonchev–Trinajstić information content (AvgIpc) is 3.20. The predicted molar refractivity (Wildman–Crippen MR) is 95.9 cm³/mol. The summed E-state index contributed by atoms with van der Waals surface area (Å²) in [6.07, 6.45) is 5.15. The van der Waals surface area contributed by atoms with Gasteiger partial charge in [0.15, 0.2) is 5.78 Å². The molecule has 0 radical (unpaired) electrons. The molecule has 2 heterocycles. The smallest absolute Gasteiger partial charge is 0.168 e. The first kappa shape index (κ1) is 17.6. The highest BCUT2D eigenvalue weighted by atomic mass is 79.9. The molecule has 2 fully saturated rings. The van der Waals surface area contributed by atoms with E-state index in [2.05, 4.69) is 9.80 Å². The Morgan fingerprint density at radius 3 is 1.77 bits per heavy atom. The topological polar surface area (TPSA) is 23.6 Å². The van der Waals surface area contributed by atoms with Crippen LogP contribution in [-0.2, 0) is 0 Å². The molecule has 1 aromatic carbocycles. The molecule has 0 atom stereocenters. The fourth-order valence-electron chi connectivity index (χ4n) is 3.62. The molecule has 3 nitrogen and oxygen atoms in total. The summed E-state index contributed by atoms with van der Waals surface area (Å²) in [6.45, 7) is 6.53. The first-order valence-electron chi connectivity index (χ1n) is 8.37. The highest BCUT2D eigenvalue weighted by Gasteiger charge is 2.27. The van der Waals surface area contributed by atoms with E-state index in [4.69, 9.17) is 0 Å². The molecule has 0 aliphatic carbocycles. The summed E-state index contributed by atoms with van der Waals surface area (Å²) in [4.78, 5) is 17.8. The van der Waals surface area contributed by atoms with Crippen LogP contribution in [0.3, 0.4) is 0 Å². The van der Waals surface area contributed by atoms with Gasteiger partial charge in [-0.05, 0) is 51.9 Å². The van der Waals surface area contributed by atoms with Crippen molar-refractivity contribution in [1.29, 1.82) is 0 Å². The van der Waals surface area contributed by atoms with Crippen molar-refractivity contribution in [3.05, 3.63) is 35.9 Å². The molecule has 0 amide bonds. The minimum atomic E-state index is 0. The molecule has 2 saturated heterocycles. The van der Waals surface area contributed by atoms with E-state index in [1.807, 2.05) is 30.3 Å². The molecule has 3 rings (SSSR count). The number of hydrogen-bond donors (Lipinski definition) is 0. The van der Waals surface area contributed by atoms with E-state index in [0.29, 0.717) is 5.78 Å². The van der Waals surface area contributed by atoms with Crippen LogP contribution in [0.2, 0.25) is 0 Å². The van der Waals surface area contributed by atoms with Crippen LogP contribution >= 0.6 is 17.0 Å². The monoisotopic (exact) mass is 366 g/mol. The number of likely N-dealkylation sites (tertiary alicyclic amines) is 2. The van der Waals surface area contributed by atoms with Crippen LogP contribution in [0.4, 0.5) is 0 Å². The number of halogens is 1. The molecular weight excluding hydrogens is 340 g/mol. The van der Waals surface area contributed by atoms with Gasteiger partial charge in [0.2, 0.25) is 0 Å². The van der Waals surface area contributed by atoms with Gasteiger partial charge in [0, 0.05) is 24.6 Å². The number of ketones is 1. The molecule has 0 saturated carbocycles. The van der Waals surface area contributed by atoms with E-state index >= 15 is 0 Å². The summed E-state index contributed by atoms with van der Waals surface area (Å²) in [5.74, 6) is 0.456. The molecule has 2 aliphatic heterocycles. The summed E-state index contributed by atoms with van der Waals surface area (Å²) >= 11 is 0. The minimum absolute atomic E-state index is 0. The van der Waals surface area contributed by atoms with E-state index in [1.54, 1.807) is 0 Å². The standard InChI is InChI=1S/C18H26N2O.BrH/c21-18(16-8-2-1-3-9-16)17(14-19-10-4-5-11-19)15-20-12-6-7-13-20;/h1-3,8-9,17H,4-7,10-15H2;1H. The Kier molecular flexibility index (Phi) is 7.06. The van der Waals surface area contributed by atoms with Gasteiger partial charge >= 0.3 is 0 Å². The van der Waals surface area contributed by atoms with E-state index in [1.165, 1.54) is 51.9 Å². The Morgan fingerprint density at radius 1 is 0.864 bits per heavy atom. The van der Waals surface area contributed by atoms with Gasteiger partial charge in [-0.2, -0.15) is 0 Å². The fourth-order valence-corrected chi connectivity index (χ4v) is 3.62. The molecule has 122 valence electrons.